The number of fused-ring (bicyclic) bond motifs is 13. The number of ether oxygens (including phenoxy) is 3. The summed E-state index contributed by atoms with van der Waals surface area (Å²) in [6.07, 6.45) is 15.3. The third kappa shape index (κ3) is 10.8. The van der Waals surface area contributed by atoms with Gasteiger partial charge in [0, 0.05) is 94.6 Å². The van der Waals surface area contributed by atoms with Gasteiger partial charge in [0.25, 0.3) is 11.7 Å². The molecule has 0 aromatic heterocycles. The van der Waals surface area contributed by atoms with Gasteiger partial charge in [0.1, 0.15) is 35.1 Å². The minimum atomic E-state index is -1.90. The Morgan fingerprint density at radius 2 is 1.63 bits per heavy atom. The van der Waals surface area contributed by atoms with E-state index in [1.54, 1.807) is 37.0 Å². The van der Waals surface area contributed by atoms with E-state index in [-0.39, 0.29) is 74.0 Å². The highest BCUT2D eigenvalue weighted by Gasteiger charge is 2.50. The smallest absolute Gasteiger partial charge is 0.315 e. The first-order chi connectivity index (χ1) is 33.4. The van der Waals surface area contributed by atoms with E-state index in [0.717, 1.165) is 32.7 Å². The molecule has 0 radical (unpaired) electrons. The van der Waals surface area contributed by atoms with Crippen LogP contribution >= 0.6 is 0 Å². The van der Waals surface area contributed by atoms with Gasteiger partial charge < -0.3 is 44.6 Å². The van der Waals surface area contributed by atoms with Crippen LogP contribution in [-0.4, -0.2) is 129 Å². The van der Waals surface area contributed by atoms with Crippen LogP contribution in [0.2, 0.25) is 0 Å². The number of amides is 2. The minimum absolute atomic E-state index is 0.0115. The Balaban J connectivity index is 1.08. The van der Waals surface area contributed by atoms with Crippen LogP contribution in [0.25, 0.3) is 10.8 Å². The fourth-order valence-corrected chi connectivity index (χ4v) is 11.1. The largest absolute Gasteiger partial charge is 0.507 e. The fourth-order valence-electron chi connectivity index (χ4n) is 11.1. The number of esters is 1. The maximum atomic E-state index is 14.8. The van der Waals surface area contributed by atoms with Gasteiger partial charge in [-0.25, -0.2) is 0 Å². The summed E-state index contributed by atoms with van der Waals surface area (Å²) >= 11 is 0. The second-order valence-corrected chi connectivity index (χ2v) is 21.4. The van der Waals surface area contributed by atoms with Crippen LogP contribution in [0.1, 0.15) is 135 Å². The van der Waals surface area contributed by atoms with Crippen molar-refractivity contribution in [1.82, 2.24) is 14.7 Å². The van der Waals surface area contributed by atoms with E-state index in [2.05, 4.69) is 29.0 Å². The molecule has 7 aliphatic rings. The number of carbonyl (C=O) groups is 4. The van der Waals surface area contributed by atoms with Crippen LogP contribution in [0.4, 0.5) is 5.69 Å². The Labute approximate surface area is 411 Å². The second-order valence-electron chi connectivity index (χ2n) is 21.4. The zero-order valence-electron chi connectivity index (χ0n) is 42.2. The van der Waals surface area contributed by atoms with E-state index in [0.29, 0.717) is 62.7 Å². The van der Waals surface area contributed by atoms with Gasteiger partial charge in [-0.3, -0.25) is 34.1 Å². The number of hydrogen-bond acceptors (Lipinski definition) is 14. The maximum absolute atomic E-state index is 14.8. The van der Waals surface area contributed by atoms with Crippen molar-refractivity contribution in [2.75, 3.05) is 51.1 Å². The molecular formula is C54H74N6O10. The summed E-state index contributed by atoms with van der Waals surface area (Å²) in [6, 6.07) is 0.569. The molecule has 2 amide bonds. The first-order valence-electron chi connectivity index (χ1n) is 25.8. The Morgan fingerprint density at radius 3 is 2.33 bits per heavy atom. The molecule has 6 heterocycles. The van der Waals surface area contributed by atoms with Crippen LogP contribution in [0.5, 0.6) is 17.2 Å². The lowest BCUT2D eigenvalue weighted by Crippen LogP contribution is -2.52. The third-order valence-electron chi connectivity index (χ3n) is 15.4. The number of piperidine rings is 1. The number of anilines is 1. The number of aliphatic hydroxyl groups is 1. The topological polar surface area (TPSA) is 203 Å². The number of phenolic OH excluding ortho intramolecular Hbond substituents is 2. The van der Waals surface area contributed by atoms with Crippen LogP contribution in [0.15, 0.2) is 46.1 Å². The molecule has 70 heavy (non-hydrogen) atoms. The van der Waals surface area contributed by atoms with Gasteiger partial charge in [-0.15, -0.1) is 0 Å². The third-order valence-corrected chi connectivity index (χ3v) is 15.4. The average Bonchev–Trinajstić information content (AvgIpc) is 3.83. The number of phenols is 2. The summed E-state index contributed by atoms with van der Waals surface area (Å²) in [5.74, 6) is -4.47. The predicted octanol–water partition coefficient (Wildman–Crippen LogP) is 6.51. The minimum Gasteiger partial charge on any atom is -0.507 e. The monoisotopic (exact) mass is 967 g/mol. The highest BCUT2D eigenvalue weighted by Crippen LogP contribution is 2.50. The molecule has 4 N–H and O–H groups in total. The van der Waals surface area contributed by atoms with Gasteiger partial charge in [0.15, 0.2) is 11.4 Å². The first kappa shape index (κ1) is 51.0. The van der Waals surface area contributed by atoms with Gasteiger partial charge in [-0.1, -0.05) is 65.2 Å². The molecular weight excluding hydrogens is 893 g/mol. The first-order valence-corrected chi connectivity index (χ1v) is 25.8. The quantitative estimate of drug-likeness (QED) is 0.139. The summed E-state index contributed by atoms with van der Waals surface area (Å²) in [7, 11) is 0. The highest BCUT2D eigenvalue weighted by molar-refractivity contribution is 6.19. The molecule has 1 aliphatic carbocycles. The number of hydrogen-bond donors (Lipinski definition) is 4. The lowest BCUT2D eigenvalue weighted by Gasteiger charge is -2.40. The summed E-state index contributed by atoms with van der Waals surface area (Å²) in [6.45, 7) is 18.1. The van der Waals surface area contributed by atoms with Crippen molar-refractivity contribution in [3.63, 3.8) is 0 Å². The number of carbonyl (C=O) groups excluding carboxylic acids is 4. The van der Waals surface area contributed by atoms with Crippen LogP contribution in [0, 0.1) is 24.7 Å². The number of benzene rings is 2. The molecule has 1 saturated carbocycles. The van der Waals surface area contributed by atoms with Crippen molar-refractivity contribution < 1.29 is 48.7 Å². The maximum Gasteiger partial charge on any atom is 0.315 e. The number of allylic oxidation sites excluding steroid dienone is 4. The molecule has 5 bridgehead atoms. The number of nitrogens with one attached hydrogen (secondary N) is 1. The van der Waals surface area contributed by atoms with Gasteiger partial charge in [0.05, 0.1) is 28.7 Å². The number of aliphatic hydroxyl groups excluding tert-OH is 1. The number of nitrogens with zero attached hydrogens (tertiary/aromatic N) is 5. The molecule has 1 spiro atoms. The summed E-state index contributed by atoms with van der Waals surface area (Å²) in [5, 5.41) is 38.8. The Morgan fingerprint density at radius 1 is 0.929 bits per heavy atom. The number of rotatable bonds is 6. The Bertz CT molecular complexity index is 2570. The van der Waals surface area contributed by atoms with Gasteiger partial charge in [0.2, 0.25) is 5.91 Å². The molecule has 2 aromatic carbocycles. The molecule has 9 rings (SSSR count). The van der Waals surface area contributed by atoms with E-state index in [1.165, 1.54) is 45.3 Å². The zero-order valence-corrected chi connectivity index (χ0v) is 42.2. The summed E-state index contributed by atoms with van der Waals surface area (Å²) in [5.41, 5.74) is -0.363. The lowest BCUT2D eigenvalue weighted by atomic mass is 9.92. The molecule has 2 aromatic rings. The van der Waals surface area contributed by atoms with Gasteiger partial charge in [-0.05, 0) is 69.8 Å². The highest BCUT2D eigenvalue weighted by atomic mass is 16.7. The molecule has 16 nitrogen and oxygen atoms in total. The fraction of sp³-hybridized carbons (Fsp3) is 0.630. The van der Waals surface area contributed by atoms with Crippen molar-refractivity contribution in [3.05, 3.63) is 58.0 Å². The number of aromatic hydroxyl groups is 2. The molecule has 5 atom stereocenters. The van der Waals surface area contributed by atoms with E-state index >= 15 is 0 Å². The standard InChI is InChI=1S/C54H74N6O10/c1-32(2)31-58-22-20-54(21-23-58)56-45-42-43-48(64)36(6)50-44(42)51(66)53(7,70-50)68-28-12-15-34(4)39(69-41(63)30-40(62)60-26-24-59(25-27-60)37-16-9-8-10-17-37)29-38(61)19-18-33(3)13-11-14-35(5)52(67)55-47(49(43)65)46(45)57-54/h11-14,28,32-34,37-39,61,64-65H,8-10,15-27,29-31H2,1-7H3,(H,55,67)/b13-11+,28-12+,35-14-/t33?,34-,38?,39+,53?/m1/s1. The van der Waals surface area contributed by atoms with Crippen molar-refractivity contribution >= 4 is 40.0 Å². The van der Waals surface area contributed by atoms with Gasteiger partial charge >= 0.3 is 11.8 Å². The Hall–Kier alpha value is -5.32. The number of ketones is 1. The summed E-state index contributed by atoms with van der Waals surface area (Å²) < 4.78 is 18.5. The molecule has 380 valence electrons. The Kier molecular flexibility index (Phi) is 15.4. The summed E-state index contributed by atoms with van der Waals surface area (Å²) in [4.78, 5) is 72.6. The van der Waals surface area contributed by atoms with Gasteiger partial charge in [-0.2, -0.15) is 0 Å². The number of likely N-dealkylation sites (tertiary alicyclic amines) is 1. The van der Waals surface area contributed by atoms with Crippen LogP contribution < -0.4 is 20.8 Å². The van der Waals surface area contributed by atoms with Crippen LogP contribution in [-0.2, 0) is 23.9 Å². The molecule has 3 fully saturated rings. The van der Waals surface area contributed by atoms with Crippen molar-refractivity contribution in [3.8, 4) is 17.2 Å². The SMILES string of the molecule is C/C1=C/C=C/C(C)CCC(O)C[C@H](OC(=O)CC(=O)N2CCN(C3CCCCC3)CC2)[C@H](C)C/C=C/OC2(C)Oc3c(C)c(O)c4c(O)c(c5c(c4c3C2=O)=NC2(CCN(CC(C)C)CC2)N=5)NC1=O. The lowest BCUT2D eigenvalue weighted by molar-refractivity contribution is -0.157. The van der Waals surface area contributed by atoms with E-state index in [9.17, 15) is 34.5 Å². The van der Waals surface area contributed by atoms with E-state index < -0.39 is 53.5 Å². The molecule has 16 heteroatoms. The van der Waals surface area contributed by atoms with E-state index in [1.807, 2.05) is 19.9 Å². The number of Topliss-reactive ketones (excluding diaryl/α,β-unsaturated/α-hetero) is 1. The number of piperazine rings is 1. The zero-order chi connectivity index (χ0) is 50.1. The molecule has 3 unspecified atom stereocenters. The predicted molar refractivity (Wildman–Crippen MR) is 265 cm³/mol. The van der Waals surface area contributed by atoms with Crippen molar-refractivity contribution in [2.45, 2.75) is 155 Å². The average molecular weight is 967 g/mol. The van der Waals surface area contributed by atoms with Crippen molar-refractivity contribution in [1.29, 1.82) is 0 Å². The normalized spacial score (nSPS) is 28.9. The molecule has 6 aliphatic heterocycles. The van der Waals surface area contributed by atoms with Crippen LogP contribution in [0.3, 0.4) is 0 Å². The van der Waals surface area contributed by atoms with Crippen molar-refractivity contribution in [2.24, 2.45) is 27.7 Å². The second kappa shape index (κ2) is 21.2. The molecule has 2 saturated heterocycles. The van der Waals surface area contributed by atoms with E-state index in [4.69, 9.17) is 24.2 Å².